The Balaban J connectivity index is 2.32. The maximum absolute atomic E-state index is 11.9. The molecule has 2 amide bonds. The lowest BCUT2D eigenvalue weighted by atomic mass is 9.78. The fourth-order valence-electron chi connectivity index (χ4n) is 2.49. The molecule has 1 heterocycles. The third-order valence-corrected chi connectivity index (χ3v) is 4.42. The standard InChI is InChI=1S/C18H29BN2O4/c1-8-20-16(22)21-14-9-13(10-15(11-14)23-12(2)3)19-24-17(4,5)18(6,7)25-19/h9-12H,8H2,1-7H3,(H2,20,21,22). The first kappa shape index (κ1) is 19.6. The number of benzene rings is 1. The van der Waals surface area contributed by atoms with Gasteiger partial charge >= 0.3 is 13.1 Å². The molecule has 0 aromatic heterocycles. The van der Waals surface area contributed by atoms with Crippen LogP contribution in [0.2, 0.25) is 0 Å². The van der Waals surface area contributed by atoms with Gasteiger partial charge in [0.2, 0.25) is 0 Å². The quantitative estimate of drug-likeness (QED) is 0.803. The van der Waals surface area contributed by atoms with Gasteiger partial charge in [-0.1, -0.05) is 0 Å². The van der Waals surface area contributed by atoms with Crippen LogP contribution in [-0.2, 0) is 9.31 Å². The molecule has 0 aliphatic carbocycles. The highest BCUT2D eigenvalue weighted by atomic mass is 16.7. The number of hydrogen-bond donors (Lipinski definition) is 2. The van der Waals surface area contributed by atoms with E-state index in [4.69, 9.17) is 14.0 Å². The number of carbonyl (C=O) groups excluding carboxylic acids is 1. The van der Waals surface area contributed by atoms with Crippen LogP contribution in [-0.4, -0.2) is 37.0 Å². The number of urea groups is 1. The Kier molecular flexibility index (Phi) is 5.69. The summed E-state index contributed by atoms with van der Waals surface area (Å²) in [5.41, 5.74) is 0.580. The fraction of sp³-hybridized carbons (Fsp3) is 0.611. The van der Waals surface area contributed by atoms with Crippen molar-refractivity contribution in [3.8, 4) is 5.75 Å². The minimum absolute atomic E-state index is 0.0193. The topological polar surface area (TPSA) is 68.8 Å². The molecule has 1 aromatic rings. The van der Waals surface area contributed by atoms with Gasteiger partial charge in [0.1, 0.15) is 5.75 Å². The lowest BCUT2D eigenvalue weighted by Crippen LogP contribution is -2.41. The van der Waals surface area contributed by atoms with Crippen molar-refractivity contribution in [3.63, 3.8) is 0 Å². The van der Waals surface area contributed by atoms with Crippen LogP contribution in [0.25, 0.3) is 0 Å². The highest BCUT2D eigenvalue weighted by Crippen LogP contribution is 2.37. The van der Waals surface area contributed by atoms with E-state index in [0.29, 0.717) is 18.0 Å². The summed E-state index contributed by atoms with van der Waals surface area (Å²) in [5, 5.41) is 5.54. The van der Waals surface area contributed by atoms with Crippen LogP contribution in [0.5, 0.6) is 5.75 Å². The van der Waals surface area contributed by atoms with Crippen molar-refractivity contribution >= 4 is 24.3 Å². The zero-order chi connectivity index (χ0) is 18.8. The van der Waals surface area contributed by atoms with E-state index in [9.17, 15) is 4.79 Å². The van der Waals surface area contributed by atoms with Crippen molar-refractivity contribution < 1.29 is 18.8 Å². The lowest BCUT2D eigenvalue weighted by molar-refractivity contribution is 0.00578. The summed E-state index contributed by atoms with van der Waals surface area (Å²) < 4.78 is 18.0. The zero-order valence-corrected chi connectivity index (χ0v) is 16.2. The Hall–Kier alpha value is -1.73. The molecule has 0 bridgehead atoms. The van der Waals surface area contributed by atoms with Crippen molar-refractivity contribution in [2.24, 2.45) is 0 Å². The molecule has 7 heteroatoms. The lowest BCUT2D eigenvalue weighted by Gasteiger charge is -2.32. The minimum atomic E-state index is -0.518. The van der Waals surface area contributed by atoms with E-state index >= 15 is 0 Å². The number of anilines is 1. The van der Waals surface area contributed by atoms with Gasteiger partial charge in [0, 0.05) is 18.3 Å². The second kappa shape index (κ2) is 7.26. The molecule has 0 unspecified atom stereocenters. The SMILES string of the molecule is CCNC(=O)Nc1cc(OC(C)C)cc(B2OC(C)(C)C(C)(C)O2)c1. The van der Waals surface area contributed by atoms with Gasteiger partial charge in [0.05, 0.1) is 17.3 Å². The van der Waals surface area contributed by atoms with Gasteiger partial charge in [-0.25, -0.2) is 4.79 Å². The Morgan fingerprint density at radius 3 is 2.28 bits per heavy atom. The van der Waals surface area contributed by atoms with Crippen LogP contribution >= 0.6 is 0 Å². The molecule has 2 N–H and O–H groups in total. The summed E-state index contributed by atoms with van der Waals surface area (Å²) in [5.74, 6) is 0.661. The average molecular weight is 348 g/mol. The Bertz CT molecular complexity index is 616. The first-order valence-electron chi connectivity index (χ1n) is 8.76. The molecule has 138 valence electrons. The summed E-state index contributed by atoms with van der Waals surface area (Å²) >= 11 is 0. The van der Waals surface area contributed by atoms with Crippen LogP contribution in [0.1, 0.15) is 48.5 Å². The molecule has 25 heavy (non-hydrogen) atoms. The molecule has 1 aromatic carbocycles. The monoisotopic (exact) mass is 348 g/mol. The van der Waals surface area contributed by atoms with E-state index in [1.54, 1.807) is 6.07 Å². The minimum Gasteiger partial charge on any atom is -0.491 e. The van der Waals surface area contributed by atoms with Crippen molar-refractivity contribution in [2.75, 3.05) is 11.9 Å². The number of hydrogen-bond acceptors (Lipinski definition) is 4. The number of carbonyl (C=O) groups is 1. The summed E-state index contributed by atoms with van der Waals surface area (Å²) in [6, 6.07) is 5.28. The summed E-state index contributed by atoms with van der Waals surface area (Å²) in [4.78, 5) is 11.9. The Morgan fingerprint density at radius 2 is 1.76 bits per heavy atom. The molecule has 0 saturated carbocycles. The molecular weight excluding hydrogens is 319 g/mol. The Labute approximate surface area is 150 Å². The normalized spacial score (nSPS) is 18.3. The van der Waals surface area contributed by atoms with Gasteiger partial charge < -0.3 is 24.7 Å². The smallest absolute Gasteiger partial charge is 0.491 e. The third kappa shape index (κ3) is 4.67. The van der Waals surface area contributed by atoms with Crippen LogP contribution in [0, 0.1) is 0 Å². The van der Waals surface area contributed by atoms with Crippen molar-refractivity contribution in [1.29, 1.82) is 0 Å². The van der Waals surface area contributed by atoms with E-state index in [1.807, 2.05) is 60.6 Å². The van der Waals surface area contributed by atoms with Crippen molar-refractivity contribution in [1.82, 2.24) is 5.32 Å². The largest absolute Gasteiger partial charge is 0.495 e. The van der Waals surface area contributed by atoms with Crippen molar-refractivity contribution in [2.45, 2.75) is 65.8 Å². The predicted molar refractivity (Wildman–Crippen MR) is 101 cm³/mol. The molecule has 1 aliphatic heterocycles. The van der Waals surface area contributed by atoms with Gasteiger partial charge in [0.15, 0.2) is 0 Å². The number of rotatable bonds is 5. The molecule has 0 spiro atoms. The van der Waals surface area contributed by atoms with Crippen LogP contribution in [0.4, 0.5) is 10.5 Å². The number of nitrogens with one attached hydrogen (secondary N) is 2. The van der Waals surface area contributed by atoms with Gasteiger partial charge in [-0.15, -0.1) is 0 Å². The summed E-state index contributed by atoms with van der Waals surface area (Å²) in [6.45, 7) is 14.4. The first-order valence-corrected chi connectivity index (χ1v) is 8.76. The van der Waals surface area contributed by atoms with Crippen molar-refractivity contribution in [3.05, 3.63) is 18.2 Å². The van der Waals surface area contributed by atoms with Crippen LogP contribution in [0.15, 0.2) is 18.2 Å². The summed E-state index contributed by atoms with van der Waals surface area (Å²) in [6.07, 6.45) is 0.0193. The predicted octanol–water partition coefficient (Wildman–Crippen LogP) is 2.91. The molecule has 0 atom stereocenters. The van der Waals surface area contributed by atoms with E-state index < -0.39 is 18.3 Å². The van der Waals surface area contributed by atoms with E-state index in [-0.39, 0.29) is 12.1 Å². The zero-order valence-electron chi connectivity index (χ0n) is 16.2. The molecule has 0 radical (unpaired) electrons. The Morgan fingerprint density at radius 1 is 1.16 bits per heavy atom. The van der Waals surface area contributed by atoms with Gasteiger partial charge in [-0.05, 0) is 66.1 Å². The summed E-state index contributed by atoms with van der Waals surface area (Å²) in [7, 11) is -0.518. The van der Waals surface area contributed by atoms with E-state index in [1.165, 1.54) is 0 Å². The van der Waals surface area contributed by atoms with Gasteiger partial charge in [-0.3, -0.25) is 0 Å². The fourth-order valence-corrected chi connectivity index (χ4v) is 2.49. The molecular formula is C18H29BN2O4. The maximum atomic E-state index is 11.9. The van der Waals surface area contributed by atoms with E-state index in [2.05, 4.69) is 10.6 Å². The molecule has 1 fully saturated rings. The number of amides is 2. The average Bonchev–Trinajstić information content (AvgIpc) is 2.66. The highest BCUT2D eigenvalue weighted by molar-refractivity contribution is 6.62. The first-order chi connectivity index (χ1) is 11.5. The van der Waals surface area contributed by atoms with Crippen LogP contribution < -0.4 is 20.8 Å². The molecule has 1 aliphatic rings. The third-order valence-electron chi connectivity index (χ3n) is 4.42. The molecule has 6 nitrogen and oxygen atoms in total. The molecule has 1 saturated heterocycles. The molecule has 2 rings (SSSR count). The van der Waals surface area contributed by atoms with E-state index in [0.717, 1.165) is 5.46 Å². The van der Waals surface area contributed by atoms with Crippen LogP contribution in [0.3, 0.4) is 0 Å². The highest BCUT2D eigenvalue weighted by Gasteiger charge is 2.51. The van der Waals surface area contributed by atoms with Gasteiger partial charge in [-0.2, -0.15) is 0 Å². The second-order valence-corrected chi connectivity index (χ2v) is 7.53. The number of ether oxygens (including phenoxy) is 1. The maximum Gasteiger partial charge on any atom is 0.495 e. The van der Waals surface area contributed by atoms with Gasteiger partial charge in [0.25, 0.3) is 0 Å². The second-order valence-electron chi connectivity index (χ2n) is 7.53.